The molecule has 0 aromatic heterocycles. The number of halogens is 3. The highest BCUT2D eigenvalue weighted by Gasteiger charge is 2.23. The van der Waals surface area contributed by atoms with Gasteiger partial charge in [-0.3, -0.25) is 4.79 Å². The molecule has 0 radical (unpaired) electrons. The summed E-state index contributed by atoms with van der Waals surface area (Å²) in [4.78, 5) is 14.2. The third-order valence-corrected chi connectivity index (χ3v) is 3.66. The summed E-state index contributed by atoms with van der Waals surface area (Å²) in [5, 5.41) is 0. The molecule has 1 atom stereocenters. The van der Waals surface area contributed by atoms with Gasteiger partial charge in [0.15, 0.2) is 0 Å². The molecule has 1 fully saturated rings. The maximum absolute atomic E-state index is 12.5. The van der Waals surface area contributed by atoms with Gasteiger partial charge in [0.25, 0.3) is 5.91 Å². The molecule has 22 heavy (non-hydrogen) atoms. The molecule has 1 saturated heterocycles. The maximum atomic E-state index is 12.5. The van der Waals surface area contributed by atoms with Crippen molar-refractivity contribution < 1.29 is 18.3 Å². The SMILES string of the molecule is Cc1cc(C(=O)N2CCCC(N)C2)cc(C)c1OC(F)F.Cl. The largest absolute Gasteiger partial charge is 0.434 e. The monoisotopic (exact) mass is 334 g/mol. The lowest BCUT2D eigenvalue weighted by Gasteiger charge is -2.31. The molecule has 2 N–H and O–H groups in total. The van der Waals surface area contributed by atoms with Crippen LogP contribution in [-0.4, -0.2) is 36.5 Å². The van der Waals surface area contributed by atoms with Gasteiger partial charge in [-0.1, -0.05) is 0 Å². The van der Waals surface area contributed by atoms with Crippen LogP contribution in [0.25, 0.3) is 0 Å². The first-order chi connectivity index (χ1) is 9.88. The van der Waals surface area contributed by atoms with Crippen LogP contribution in [0.15, 0.2) is 12.1 Å². The minimum Gasteiger partial charge on any atom is -0.434 e. The number of benzene rings is 1. The summed E-state index contributed by atoms with van der Waals surface area (Å²) < 4.78 is 29.2. The van der Waals surface area contributed by atoms with Crippen LogP contribution in [0.4, 0.5) is 8.78 Å². The Kier molecular flexibility index (Phi) is 6.56. The molecule has 0 aliphatic carbocycles. The van der Waals surface area contributed by atoms with Gasteiger partial charge in [-0.15, -0.1) is 12.4 Å². The van der Waals surface area contributed by atoms with Gasteiger partial charge in [-0.05, 0) is 49.9 Å². The fourth-order valence-corrected chi connectivity index (χ4v) is 2.73. The van der Waals surface area contributed by atoms with Gasteiger partial charge in [0, 0.05) is 24.7 Å². The standard InChI is InChI=1S/C15H20F2N2O2.ClH/c1-9-6-11(7-10(2)13(9)21-15(16)17)14(20)19-5-3-4-12(18)8-19;/h6-7,12,15H,3-5,8,18H2,1-2H3;1H. The van der Waals surface area contributed by atoms with Crippen molar-refractivity contribution in [1.29, 1.82) is 0 Å². The van der Waals surface area contributed by atoms with Crippen LogP contribution < -0.4 is 10.5 Å². The molecule has 2 rings (SSSR count). The van der Waals surface area contributed by atoms with E-state index in [9.17, 15) is 13.6 Å². The van der Waals surface area contributed by atoms with Gasteiger partial charge < -0.3 is 15.4 Å². The summed E-state index contributed by atoms with van der Waals surface area (Å²) in [6.45, 7) is 1.66. The Bertz CT molecular complexity index is 517. The number of likely N-dealkylation sites (tertiary alicyclic amines) is 1. The molecule has 1 amide bonds. The number of rotatable bonds is 3. The number of hydrogen-bond acceptors (Lipinski definition) is 3. The van der Waals surface area contributed by atoms with Crippen LogP contribution in [0, 0.1) is 13.8 Å². The van der Waals surface area contributed by atoms with Gasteiger partial charge in [0.1, 0.15) is 5.75 Å². The highest BCUT2D eigenvalue weighted by Crippen LogP contribution is 2.27. The Balaban J connectivity index is 0.00000242. The van der Waals surface area contributed by atoms with Crippen LogP contribution in [0.2, 0.25) is 0 Å². The molecule has 1 heterocycles. The number of carbonyl (C=O) groups excluding carboxylic acids is 1. The van der Waals surface area contributed by atoms with Crippen molar-refractivity contribution in [3.63, 3.8) is 0 Å². The molecule has 4 nitrogen and oxygen atoms in total. The van der Waals surface area contributed by atoms with E-state index in [0.717, 1.165) is 12.8 Å². The Morgan fingerprint density at radius 2 is 1.95 bits per heavy atom. The van der Waals surface area contributed by atoms with Gasteiger partial charge in [0.2, 0.25) is 0 Å². The number of hydrogen-bond donors (Lipinski definition) is 1. The van der Waals surface area contributed by atoms with E-state index in [1.807, 2.05) is 0 Å². The number of carbonyl (C=O) groups is 1. The lowest BCUT2D eigenvalue weighted by atomic mass is 10.0. The summed E-state index contributed by atoms with van der Waals surface area (Å²) in [5.41, 5.74) is 7.42. The summed E-state index contributed by atoms with van der Waals surface area (Å²) in [6, 6.07) is 3.19. The van der Waals surface area contributed by atoms with E-state index in [0.29, 0.717) is 29.8 Å². The molecule has 0 bridgehead atoms. The van der Waals surface area contributed by atoms with E-state index < -0.39 is 6.61 Å². The molecular formula is C15H21ClF2N2O2. The summed E-state index contributed by atoms with van der Waals surface area (Å²) in [7, 11) is 0. The van der Waals surface area contributed by atoms with E-state index in [2.05, 4.69) is 4.74 Å². The molecule has 1 unspecified atom stereocenters. The second-order valence-corrected chi connectivity index (χ2v) is 5.47. The first kappa shape index (κ1) is 18.6. The number of amides is 1. The Morgan fingerprint density at radius 1 is 1.36 bits per heavy atom. The number of alkyl halides is 2. The third-order valence-electron chi connectivity index (χ3n) is 3.66. The Morgan fingerprint density at radius 3 is 2.45 bits per heavy atom. The second-order valence-electron chi connectivity index (χ2n) is 5.47. The molecular weight excluding hydrogens is 314 g/mol. The number of ether oxygens (including phenoxy) is 1. The predicted octanol–water partition coefficient (Wildman–Crippen LogP) is 2.89. The van der Waals surface area contributed by atoms with Crippen LogP contribution in [-0.2, 0) is 0 Å². The highest BCUT2D eigenvalue weighted by molar-refractivity contribution is 5.95. The Hall–Kier alpha value is -1.40. The van der Waals surface area contributed by atoms with Crippen molar-refractivity contribution in [3.05, 3.63) is 28.8 Å². The average Bonchev–Trinajstić information content (AvgIpc) is 2.41. The van der Waals surface area contributed by atoms with Gasteiger partial charge in [0.05, 0.1) is 0 Å². The van der Waals surface area contributed by atoms with Crippen LogP contribution >= 0.6 is 12.4 Å². The summed E-state index contributed by atoms with van der Waals surface area (Å²) >= 11 is 0. The third kappa shape index (κ3) is 4.30. The van der Waals surface area contributed by atoms with Gasteiger partial charge in [-0.25, -0.2) is 0 Å². The Labute approximate surface area is 135 Å². The van der Waals surface area contributed by atoms with Crippen LogP contribution in [0.5, 0.6) is 5.75 Å². The lowest BCUT2D eigenvalue weighted by molar-refractivity contribution is -0.0507. The average molecular weight is 335 g/mol. The predicted molar refractivity (Wildman–Crippen MR) is 82.9 cm³/mol. The molecule has 7 heteroatoms. The molecule has 1 aromatic carbocycles. The quantitative estimate of drug-likeness (QED) is 0.924. The molecule has 1 aliphatic heterocycles. The number of piperidine rings is 1. The van der Waals surface area contributed by atoms with E-state index in [4.69, 9.17) is 5.73 Å². The van der Waals surface area contributed by atoms with Gasteiger partial charge >= 0.3 is 6.61 Å². The van der Waals surface area contributed by atoms with E-state index in [1.54, 1.807) is 30.9 Å². The summed E-state index contributed by atoms with van der Waals surface area (Å²) in [5.74, 6) is 0.0249. The van der Waals surface area contributed by atoms with Crippen LogP contribution in [0.1, 0.15) is 34.3 Å². The van der Waals surface area contributed by atoms with Crippen LogP contribution in [0.3, 0.4) is 0 Å². The second kappa shape index (κ2) is 7.74. The molecule has 1 aliphatic rings. The smallest absolute Gasteiger partial charge is 0.387 e. The lowest BCUT2D eigenvalue weighted by Crippen LogP contribution is -2.45. The van der Waals surface area contributed by atoms with E-state index >= 15 is 0 Å². The van der Waals surface area contributed by atoms with Crippen molar-refractivity contribution >= 4 is 18.3 Å². The number of nitrogens with two attached hydrogens (primary N) is 1. The van der Waals surface area contributed by atoms with Crippen molar-refractivity contribution in [2.45, 2.75) is 39.3 Å². The normalized spacial score (nSPS) is 18.1. The molecule has 0 saturated carbocycles. The van der Waals surface area contributed by atoms with Crippen molar-refractivity contribution in [2.24, 2.45) is 5.73 Å². The van der Waals surface area contributed by atoms with Crippen molar-refractivity contribution in [1.82, 2.24) is 4.90 Å². The first-order valence-corrected chi connectivity index (χ1v) is 6.99. The highest BCUT2D eigenvalue weighted by atomic mass is 35.5. The fraction of sp³-hybridized carbons (Fsp3) is 0.533. The number of nitrogens with zero attached hydrogens (tertiary/aromatic N) is 1. The van der Waals surface area contributed by atoms with E-state index in [1.165, 1.54) is 0 Å². The fourth-order valence-electron chi connectivity index (χ4n) is 2.73. The topological polar surface area (TPSA) is 55.6 Å². The molecule has 1 aromatic rings. The molecule has 0 spiro atoms. The van der Waals surface area contributed by atoms with E-state index in [-0.39, 0.29) is 30.1 Å². The number of aryl methyl sites for hydroxylation is 2. The minimum absolute atomic E-state index is 0. The zero-order valence-electron chi connectivity index (χ0n) is 12.6. The zero-order chi connectivity index (χ0) is 15.6. The first-order valence-electron chi connectivity index (χ1n) is 6.99. The van der Waals surface area contributed by atoms with Crippen molar-refractivity contribution in [2.75, 3.05) is 13.1 Å². The van der Waals surface area contributed by atoms with Crippen molar-refractivity contribution in [3.8, 4) is 5.75 Å². The zero-order valence-corrected chi connectivity index (χ0v) is 13.5. The maximum Gasteiger partial charge on any atom is 0.387 e. The minimum atomic E-state index is -2.87. The summed E-state index contributed by atoms with van der Waals surface area (Å²) in [6.07, 6.45) is 1.81. The van der Waals surface area contributed by atoms with Gasteiger partial charge in [-0.2, -0.15) is 8.78 Å². The molecule has 124 valence electrons.